The van der Waals surface area contributed by atoms with Crippen LogP contribution in [0.4, 0.5) is 0 Å². The third kappa shape index (κ3) is 2.34. The SMILES string of the molecule is C=C(C)[C@@H]1CCCN1C(=O)CNC=O. The number of carbonyl (C=O) groups excluding carboxylic acids is 2. The van der Waals surface area contributed by atoms with Gasteiger partial charge in [0.2, 0.25) is 12.3 Å². The van der Waals surface area contributed by atoms with Crippen molar-refractivity contribution in [2.24, 2.45) is 0 Å². The van der Waals surface area contributed by atoms with E-state index in [0.29, 0.717) is 6.41 Å². The average molecular weight is 196 g/mol. The van der Waals surface area contributed by atoms with E-state index >= 15 is 0 Å². The summed E-state index contributed by atoms with van der Waals surface area (Å²) in [6.45, 7) is 6.67. The first kappa shape index (κ1) is 10.8. The van der Waals surface area contributed by atoms with E-state index in [9.17, 15) is 9.59 Å². The van der Waals surface area contributed by atoms with E-state index in [1.54, 1.807) is 4.90 Å². The number of amides is 2. The third-order valence-electron chi connectivity index (χ3n) is 2.48. The fourth-order valence-corrected chi connectivity index (χ4v) is 1.81. The summed E-state index contributed by atoms with van der Waals surface area (Å²) in [7, 11) is 0. The van der Waals surface area contributed by atoms with Crippen molar-refractivity contribution in [1.82, 2.24) is 10.2 Å². The highest BCUT2D eigenvalue weighted by Crippen LogP contribution is 2.22. The van der Waals surface area contributed by atoms with Crippen LogP contribution in [-0.4, -0.2) is 36.3 Å². The lowest BCUT2D eigenvalue weighted by Crippen LogP contribution is -2.41. The summed E-state index contributed by atoms with van der Waals surface area (Å²) in [5, 5.41) is 2.38. The zero-order chi connectivity index (χ0) is 10.6. The number of carbonyl (C=O) groups is 2. The molecule has 0 aromatic rings. The largest absolute Gasteiger partial charge is 0.350 e. The molecule has 1 heterocycles. The molecule has 1 aliphatic heterocycles. The maximum Gasteiger partial charge on any atom is 0.242 e. The molecule has 2 amide bonds. The van der Waals surface area contributed by atoms with E-state index in [0.717, 1.165) is 25.0 Å². The van der Waals surface area contributed by atoms with Gasteiger partial charge in [0.15, 0.2) is 0 Å². The van der Waals surface area contributed by atoms with Gasteiger partial charge < -0.3 is 10.2 Å². The Morgan fingerprint density at radius 3 is 3.00 bits per heavy atom. The van der Waals surface area contributed by atoms with Gasteiger partial charge >= 0.3 is 0 Å². The lowest BCUT2D eigenvalue weighted by Gasteiger charge is -2.24. The Morgan fingerprint density at radius 2 is 2.43 bits per heavy atom. The first-order valence-corrected chi connectivity index (χ1v) is 4.78. The molecule has 0 aliphatic carbocycles. The molecule has 1 aliphatic rings. The summed E-state index contributed by atoms with van der Waals surface area (Å²) >= 11 is 0. The fourth-order valence-electron chi connectivity index (χ4n) is 1.81. The number of hydrogen-bond acceptors (Lipinski definition) is 2. The predicted octanol–water partition coefficient (Wildman–Crippen LogP) is 0.299. The van der Waals surface area contributed by atoms with Gasteiger partial charge in [0.1, 0.15) is 0 Å². The quantitative estimate of drug-likeness (QED) is 0.519. The lowest BCUT2D eigenvalue weighted by atomic mass is 10.1. The van der Waals surface area contributed by atoms with E-state index in [4.69, 9.17) is 0 Å². The Balaban J connectivity index is 2.53. The molecule has 4 heteroatoms. The molecule has 0 aromatic carbocycles. The van der Waals surface area contributed by atoms with Crippen molar-refractivity contribution in [1.29, 1.82) is 0 Å². The van der Waals surface area contributed by atoms with Crippen molar-refractivity contribution >= 4 is 12.3 Å². The van der Waals surface area contributed by atoms with Crippen LogP contribution in [0, 0.1) is 0 Å². The molecule has 0 bridgehead atoms. The van der Waals surface area contributed by atoms with Gasteiger partial charge in [0.25, 0.3) is 0 Å². The smallest absolute Gasteiger partial charge is 0.242 e. The number of nitrogens with one attached hydrogen (secondary N) is 1. The topological polar surface area (TPSA) is 49.4 Å². The second-order valence-corrected chi connectivity index (χ2v) is 3.59. The van der Waals surface area contributed by atoms with Crippen molar-refractivity contribution < 1.29 is 9.59 Å². The van der Waals surface area contributed by atoms with Crippen molar-refractivity contribution in [2.75, 3.05) is 13.1 Å². The standard InChI is InChI=1S/C10H16N2O2/c1-8(2)9-4-3-5-12(9)10(14)6-11-7-13/h7,9H,1,3-6H2,2H3,(H,11,13)/t9-/m0/s1. The monoisotopic (exact) mass is 196 g/mol. The van der Waals surface area contributed by atoms with E-state index in [2.05, 4.69) is 11.9 Å². The van der Waals surface area contributed by atoms with Crippen LogP contribution in [0.15, 0.2) is 12.2 Å². The van der Waals surface area contributed by atoms with Crippen molar-refractivity contribution in [2.45, 2.75) is 25.8 Å². The van der Waals surface area contributed by atoms with Crippen LogP contribution in [0.1, 0.15) is 19.8 Å². The molecular formula is C10H16N2O2. The minimum absolute atomic E-state index is 0.0254. The fraction of sp³-hybridized carbons (Fsp3) is 0.600. The zero-order valence-electron chi connectivity index (χ0n) is 8.45. The molecule has 0 radical (unpaired) electrons. The van der Waals surface area contributed by atoms with Crippen LogP contribution >= 0.6 is 0 Å². The number of likely N-dealkylation sites (tertiary alicyclic amines) is 1. The highest BCUT2D eigenvalue weighted by molar-refractivity contribution is 5.80. The minimum Gasteiger partial charge on any atom is -0.350 e. The van der Waals surface area contributed by atoms with Crippen LogP contribution in [0.3, 0.4) is 0 Å². The number of rotatable bonds is 4. The maximum absolute atomic E-state index is 11.6. The summed E-state index contributed by atoms with van der Waals surface area (Å²) in [5.74, 6) is -0.0254. The number of hydrogen-bond donors (Lipinski definition) is 1. The molecular weight excluding hydrogens is 180 g/mol. The Bertz CT molecular complexity index is 251. The first-order valence-electron chi connectivity index (χ1n) is 4.78. The summed E-state index contributed by atoms with van der Waals surface area (Å²) in [4.78, 5) is 23.4. The van der Waals surface area contributed by atoms with E-state index in [1.807, 2.05) is 6.92 Å². The molecule has 1 atom stereocenters. The van der Waals surface area contributed by atoms with Gasteiger partial charge in [-0.25, -0.2) is 0 Å². The van der Waals surface area contributed by atoms with Gasteiger partial charge in [-0.3, -0.25) is 9.59 Å². The van der Waals surface area contributed by atoms with Crippen molar-refractivity contribution in [3.8, 4) is 0 Å². The number of nitrogens with zero attached hydrogens (tertiary/aromatic N) is 1. The Morgan fingerprint density at radius 1 is 1.71 bits per heavy atom. The summed E-state index contributed by atoms with van der Waals surface area (Å²) in [5.41, 5.74) is 1.02. The molecule has 0 spiro atoms. The molecule has 1 fully saturated rings. The van der Waals surface area contributed by atoms with E-state index in [-0.39, 0.29) is 18.5 Å². The maximum atomic E-state index is 11.6. The molecule has 1 N–H and O–H groups in total. The van der Waals surface area contributed by atoms with E-state index in [1.165, 1.54) is 0 Å². The highest BCUT2D eigenvalue weighted by atomic mass is 16.2. The zero-order valence-corrected chi connectivity index (χ0v) is 8.45. The van der Waals surface area contributed by atoms with Gasteiger partial charge in [0.05, 0.1) is 12.6 Å². The Hall–Kier alpha value is -1.32. The van der Waals surface area contributed by atoms with E-state index < -0.39 is 0 Å². The van der Waals surface area contributed by atoms with Gasteiger partial charge in [-0.05, 0) is 19.8 Å². The van der Waals surface area contributed by atoms with Gasteiger partial charge in [0, 0.05) is 6.54 Å². The van der Waals surface area contributed by atoms with Crippen molar-refractivity contribution in [3.63, 3.8) is 0 Å². The normalized spacial score (nSPS) is 20.6. The second-order valence-electron chi connectivity index (χ2n) is 3.59. The molecule has 1 saturated heterocycles. The predicted molar refractivity (Wildman–Crippen MR) is 53.6 cm³/mol. The van der Waals surface area contributed by atoms with Crippen LogP contribution in [0.25, 0.3) is 0 Å². The summed E-state index contributed by atoms with van der Waals surface area (Å²) in [6, 6.07) is 0.163. The second kappa shape index (κ2) is 4.79. The third-order valence-corrected chi connectivity index (χ3v) is 2.48. The molecule has 4 nitrogen and oxygen atoms in total. The van der Waals surface area contributed by atoms with Crippen molar-refractivity contribution in [3.05, 3.63) is 12.2 Å². The Labute approximate surface area is 84.0 Å². The van der Waals surface area contributed by atoms with Gasteiger partial charge in [-0.1, -0.05) is 12.2 Å². The molecule has 0 aromatic heterocycles. The van der Waals surface area contributed by atoms with Gasteiger partial charge in [-0.2, -0.15) is 0 Å². The Kier molecular flexibility index (Phi) is 3.68. The average Bonchev–Trinajstić information content (AvgIpc) is 2.62. The first-order chi connectivity index (χ1) is 6.66. The lowest BCUT2D eigenvalue weighted by molar-refractivity contribution is -0.131. The summed E-state index contributed by atoms with van der Waals surface area (Å²) in [6.07, 6.45) is 2.55. The molecule has 0 saturated carbocycles. The molecule has 14 heavy (non-hydrogen) atoms. The van der Waals surface area contributed by atoms with Crippen LogP contribution in [-0.2, 0) is 9.59 Å². The molecule has 0 unspecified atom stereocenters. The minimum atomic E-state index is -0.0254. The van der Waals surface area contributed by atoms with Crippen LogP contribution in [0.5, 0.6) is 0 Å². The summed E-state index contributed by atoms with van der Waals surface area (Å²) < 4.78 is 0. The molecule has 78 valence electrons. The van der Waals surface area contributed by atoms with Crippen LogP contribution < -0.4 is 5.32 Å². The van der Waals surface area contributed by atoms with Crippen LogP contribution in [0.2, 0.25) is 0 Å². The van der Waals surface area contributed by atoms with Gasteiger partial charge in [-0.15, -0.1) is 0 Å². The molecule has 1 rings (SSSR count). The highest BCUT2D eigenvalue weighted by Gasteiger charge is 2.28.